The van der Waals surface area contributed by atoms with Gasteiger partial charge in [0.15, 0.2) is 0 Å². The van der Waals surface area contributed by atoms with Gasteiger partial charge < -0.3 is 15.3 Å². The van der Waals surface area contributed by atoms with Gasteiger partial charge in [-0.25, -0.2) is 9.59 Å². The van der Waals surface area contributed by atoms with Gasteiger partial charge >= 0.3 is 12.0 Å². The first-order chi connectivity index (χ1) is 10.1. The van der Waals surface area contributed by atoms with Crippen molar-refractivity contribution in [3.63, 3.8) is 0 Å². The van der Waals surface area contributed by atoms with Crippen LogP contribution >= 0.6 is 0 Å². The Kier molecular flexibility index (Phi) is 4.83. The molecule has 1 aliphatic rings. The van der Waals surface area contributed by atoms with Gasteiger partial charge in [0.1, 0.15) is 0 Å². The first-order valence-corrected chi connectivity index (χ1v) is 6.93. The molecule has 2 N–H and O–H groups in total. The molecule has 0 aromatic heterocycles. The Hall–Kier alpha value is -2.48. The molecule has 5 heteroatoms. The van der Waals surface area contributed by atoms with Gasteiger partial charge in [-0.1, -0.05) is 6.07 Å². The number of urea groups is 1. The third kappa shape index (κ3) is 3.76. The minimum Gasteiger partial charge on any atom is -0.478 e. The molecule has 0 fully saturated rings. The van der Waals surface area contributed by atoms with E-state index in [9.17, 15) is 9.59 Å². The summed E-state index contributed by atoms with van der Waals surface area (Å²) in [7, 11) is 0. The molecule has 1 heterocycles. The minimum absolute atomic E-state index is 0.126. The number of nitrogens with zero attached hydrogens (tertiary/aromatic N) is 1. The number of rotatable bonds is 4. The monoisotopic (exact) mass is 286 g/mol. The topological polar surface area (TPSA) is 69.6 Å². The van der Waals surface area contributed by atoms with Gasteiger partial charge in [-0.05, 0) is 36.1 Å². The number of carboxylic acids is 1. The molecule has 5 nitrogen and oxygen atoms in total. The first kappa shape index (κ1) is 14.9. The predicted octanol–water partition coefficient (Wildman–Crippen LogP) is 1.87. The molecule has 1 aromatic carbocycles. The Balaban J connectivity index is 1.98. The summed E-state index contributed by atoms with van der Waals surface area (Å²) in [5, 5.41) is 11.8. The number of amides is 2. The van der Waals surface area contributed by atoms with Crippen molar-refractivity contribution in [2.45, 2.75) is 25.8 Å². The number of carboxylic acid groups (broad SMARTS) is 1. The minimum atomic E-state index is -0.950. The van der Waals surface area contributed by atoms with Crippen molar-refractivity contribution in [3.05, 3.63) is 34.9 Å². The molecule has 0 spiro atoms. The molecule has 0 unspecified atom stereocenters. The normalized spacial score (nSPS) is 13.2. The first-order valence-electron chi connectivity index (χ1n) is 6.93. The molecule has 0 saturated heterocycles. The molecule has 0 atom stereocenters. The van der Waals surface area contributed by atoms with Crippen LogP contribution in [0.4, 0.5) is 4.79 Å². The van der Waals surface area contributed by atoms with Crippen molar-refractivity contribution in [2.75, 3.05) is 13.1 Å². The van der Waals surface area contributed by atoms with Crippen LogP contribution in [0.25, 0.3) is 0 Å². The SMILES string of the molecule is C#CCCCNC(=O)N1CCc2ccc(C(=O)O)cc2C1. The molecule has 2 amide bonds. The molecule has 0 radical (unpaired) electrons. The van der Waals surface area contributed by atoms with Gasteiger partial charge in [0.05, 0.1) is 5.56 Å². The third-order valence-corrected chi connectivity index (χ3v) is 3.53. The highest BCUT2D eigenvalue weighted by Gasteiger charge is 2.21. The van der Waals surface area contributed by atoms with Gasteiger partial charge in [0, 0.05) is 26.1 Å². The van der Waals surface area contributed by atoms with Crippen molar-refractivity contribution in [1.82, 2.24) is 10.2 Å². The number of carbonyl (C=O) groups excluding carboxylic acids is 1. The van der Waals surface area contributed by atoms with Gasteiger partial charge in [0.2, 0.25) is 0 Å². The summed E-state index contributed by atoms with van der Waals surface area (Å²) in [6.45, 7) is 1.64. The van der Waals surface area contributed by atoms with E-state index < -0.39 is 5.97 Å². The summed E-state index contributed by atoms with van der Waals surface area (Å²) in [6.07, 6.45) is 7.31. The summed E-state index contributed by atoms with van der Waals surface area (Å²) >= 11 is 0. The van der Waals surface area contributed by atoms with E-state index in [-0.39, 0.29) is 11.6 Å². The highest BCUT2D eigenvalue weighted by Crippen LogP contribution is 2.20. The number of hydrogen-bond donors (Lipinski definition) is 2. The van der Waals surface area contributed by atoms with Gasteiger partial charge in [-0.3, -0.25) is 0 Å². The lowest BCUT2D eigenvalue weighted by Crippen LogP contribution is -2.43. The van der Waals surface area contributed by atoms with Crippen LogP contribution in [0.5, 0.6) is 0 Å². The van der Waals surface area contributed by atoms with Crippen molar-refractivity contribution >= 4 is 12.0 Å². The quantitative estimate of drug-likeness (QED) is 0.655. The molecule has 21 heavy (non-hydrogen) atoms. The predicted molar refractivity (Wildman–Crippen MR) is 79.0 cm³/mol. The molecule has 1 aliphatic heterocycles. The zero-order valence-corrected chi connectivity index (χ0v) is 11.8. The van der Waals surface area contributed by atoms with Crippen molar-refractivity contribution < 1.29 is 14.7 Å². The highest BCUT2D eigenvalue weighted by atomic mass is 16.4. The van der Waals surface area contributed by atoms with E-state index in [1.807, 2.05) is 6.07 Å². The van der Waals surface area contributed by atoms with E-state index in [0.717, 1.165) is 24.0 Å². The van der Waals surface area contributed by atoms with E-state index in [4.69, 9.17) is 11.5 Å². The fourth-order valence-electron chi connectivity index (χ4n) is 2.36. The van der Waals surface area contributed by atoms with Crippen LogP contribution in [0.2, 0.25) is 0 Å². The number of hydrogen-bond acceptors (Lipinski definition) is 2. The van der Waals surface area contributed by atoms with E-state index in [2.05, 4.69) is 11.2 Å². The average Bonchev–Trinajstić information content (AvgIpc) is 2.50. The maximum Gasteiger partial charge on any atom is 0.335 e. The Labute approximate surface area is 124 Å². The molecular weight excluding hydrogens is 268 g/mol. The molecule has 2 rings (SSSR count). The van der Waals surface area contributed by atoms with Gasteiger partial charge in [-0.15, -0.1) is 12.3 Å². The summed E-state index contributed by atoms with van der Waals surface area (Å²) in [4.78, 5) is 24.7. The van der Waals surface area contributed by atoms with Crippen LogP contribution in [-0.2, 0) is 13.0 Å². The zero-order valence-electron chi connectivity index (χ0n) is 11.8. The molecule has 1 aromatic rings. The Bertz CT molecular complexity index is 590. The van der Waals surface area contributed by atoms with Crippen LogP contribution in [0.15, 0.2) is 18.2 Å². The van der Waals surface area contributed by atoms with E-state index in [0.29, 0.717) is 26.1 Å². The second-order valence-electron chi connectivity index (χ2n) is 5.00. The number of nitrogens with one attached hydrogen (secondary N) is 1. The van der Waals surface area contributed by atoms with Gasteiger partial charge in [0.25, 0.3) is 0 Å². The van der Waals surface area contributed by atoms with E-state index in [1.165, 1.54) is 0 Å². The van der Waals surface area contributed by atoms with Crippen LogP contribution in [-0.4, -0.2) is 35.1 Å². The summed E-state index contributed by atoms with van der Waals surface area (Å²) < 4.78 is 0. The lowest BCUT2D eigenvalue weighted by Gasteiger charge is -2.29. The van der Waals surface area contributed by atoms with Crippen LogP contribution < -0.4 is 5.32 Å². The lowest BCUT2D eigenvalue weighted by atomic mass is 9.97. The standard InChI is InChI=1S/C16H18N2O3/c1-2-3-4-8-17-16(21)18-9-7-12-5-6-13(15(19)20)10-14(12)11-18/h1,5-6,10H,3-4,7-9,11H2,(H,17,21)(H,19,20). The maximum absolute atomic E-state index is 12.0. The van der Waals surface area contributed by atoms with Crippen molar-refractivity contribution in [3.8, 4) is 12.3 Å². The number of fused-ring (bicyclic) bond motifs is 1. The van der Waals surface area contributed by atoms with Gasteiger partial charge in [-0.2, -0.15) is 0 Å². The molecule has 0 bridgehead atoms. The second-order valence-corrected chi connectivity index (χ2v) is 5.00. The summed E-state index contributed by atoms with van der Waals surface area (Å²) in [5.74, 6) is 1.58. The van der Waals surface area contributed by atoms with Crippen LogP contribution in [0.3, 0.4) is 0 Å². The maximum atomic E-state index is 12.0. The molecular formula is C16H18N2O3. The van der Waals surface area contributed by atoms with E-state index >= 15 is 0 Å². The number of aromatic carboxylic acids is 1. The third-order valence-electron chi connectivity index (χ3n) is 3.53. The van der Waals surface area contributed by atoms with Crippen LogP contribution in [0.1, 0.15) is 34.3 Å². The Morgan fingerprint density at radius 2 is 2.19 bits per heavy atom. The number of carbonyl (C=O) groups is 2. The Morgan fingerprint density at radius 1 is 1.38 bits per heavy atom. The Morgan fingerprint density at radius 3 is 2.90 bits per heavy atom. The zero-order chi connectivity index (χ0) is 15.2. The second kappa shape index (κ2) is 6.80. The molecule has 0 saturated carbocycles. The van der Waals surface area contributed by atoms with Crippen LogP contribution in [0, 0.1) is 12.3 Å². The fraction of sp³-hybridized carbons (Fsp3) is 0.375. The van der Waals surface area contributed by atoms with Crippen molar-refractivity contribution in [2.24, 2.45) is 0 Å². The number of unbranched alkanes of at least 4 members (excludes halogenated alkanes) is 1. The summed E-state index contributed by atoms with van der Waals surface area (Å²) in [6, 6.07) is 4.96. The van der Waals surface area contributed by atoms with E-state index in [1.54, 1.807) is 17.0 Å². The smallest absolute Gasteiger partial charge is 0.335 e. The fourth-order valence-corrected chi connectivity index (χ4v) is 2.36. The number of terminal acetylenes is 1. The van der Waals surface area contributed by atoms with Crippen molar-refractivity contribution in [1.29, 1.82) is 0 Å². The largest absolute Gasteiger partial charge is 0.478 e. The summed E-state index contributed by atoms with van der Waals surface area (Å²) in [5.41, 5.74) is 2.27. The number of benzene rings is 1. The highest BCUT2D eigenvalue weighted by molar-refractivity contribution is 5.88. The lowest BCUT2D eigenvalue weighted by molar-refractivity contribution is 0.0696. The molecule has 0 aliphatic carbocycles. The average molecular weight is 286 g/mol. The molecule has 110 valence electrons.